The minimum atomic E-state index is -0.812. The number of ether oxygens (including phenoxy) is 3. The van der Waals surface area contributed by atoms with Gasteiger partial charge < -0.3 is 14.2 Å². The molecule has 0 aliphatic carbocycles. The van der Waals surface area contributed by atoms with Crippen LogP contribution in [0.25, 0.3) is 0 Å². The topological polar surface area (TPSA) is 78.9 Å². The molecule has 6 heteroatoms. The van der Waals surface area contributed by atoms with E-state index in [9.17, 15) is 14.4 Å². The van der Waals surface area contributed by atoms with E-state index in [1.54, 1.807) is 0 Å². The number of hydrogen-bond donors (Lipinski definition) is 0. The van der Waals surface area contributed by atoms with Crippen LogP contribution in [0.3, 0.4) is 0 Å². The zero-order valence-electron chi connectivity index (χ0n) is 46.1. The normalized spacial score (nSPS) is 13.2. The Labute approximate surface area is 442 Å². The molecule has 0 aliphatic rings. The van der Waals surface area contributed by atoms with Crippen molar-refractivity contribution in [1.29, 1.82) is 0 Å². The minimum absolute atomic E-state index is 0.105. The van der Waals surface area contributed by atoms with Crippen LogP contribution in [0.4, 0.5) is 0 Å². The third-order valence-corrected chi connectivity index (χ3v) is 11.6. The van der Waals surface area contributed by atoms with Gasteiger partial charge in [0.05, 0.1) is 0 Å². The fraction of sp³-hybridized carbons (Fsp3) is 0.591. The highest BCUT2D eigenvalue weighted by molar-refractivity contribution is 5.71. The Morgan fingerprint density at radius 3 is 0.903 bits per heavy atom. The Kier molecular flexibility index (Phi) is 55.0. The van der Waals surface area contributed by atoms with E-state index in [0.29, 0.717) is 19.3 Å². The number of hydrogen-bond acceptors (Lipinski definition) is 6. The van der Waals surface area contributed by atoms with Crippen molar-refractivity contribution in [3.05, 3.63) is 146 Å². The summed E-state index contributed by atoms with van der Waals surface area (Å²) in [6.07, 6.45) is 84.3. The van der Waals surface area contributed by atoms with Crippen LogP contribution in [-0.4, -0.2) is 37.2 Å². The number of unbranched alkanes of at least 4 members (excludes halogenated alkanes) is 15. The summed E-state index contributed by atoms with van der Waals surface area (Å²) in [6, 6.07) is 0. The summed E-state index contributed by atoms with van der Waals surface area (Å²) in [5, 5.41) is 0. The molecule has 0 amide bonds. The molecule has 404 valence electrons. The molecule has 0 saturated heterocycles. The second-order valence-corrected chi connectivity index (χ2v) is 18.4. The monoisotopic (exact) mass is 993 g/mol. The van der Waals surface area contributed by atoms with Gasteiger partial charge in [-0.1, -0.05) is 244 Å². The van der Waals surface area contributed by atoms with Gasteiger partial charge in [0.25, 0.3) is 0 Å². The van der Waals surface area contributed by atoms with Crippen molar-refractivity contribution in [2.24, 2.45) is 0 Å². The van der Waals surface area contributed by atoms with E-state index in [1.807, 2.05) is 0 Å². The van der Waals surface area contributed by atoms with E-state index in [0.717, 1.165) is 135 Å². The molecule has 72 heavy (non-hydrogen) atoms. The molecule has 0 aromatic carbocycles. The Bertz CT molecular complexity index is 1610. The summed E-state index contributed by atoms with van der Waals surface area (Å²) in [5.41, 5.74) is 0. The van der Waals surface area contributed by atoms with Crippen LogP contribution in [0.5, 0.6) is 0 Å². The van der Waals surface area contributed by atoms with E-state index in [-0.39, 0.29) is 37.5 Å². The molecule has 0 rings (SSSR count). The lowest BCUT2D eigenvalue weighted by Gasteiger charge is -2.18. The molecule has 1 unspecified atom stereocenters. The van der Waals surface area contributed by atoms with Gasteiger partial charge in [-0.15, -0.1) is 0 Å². The third kappa shape index (κ3) is 56.2. The molecule has 6 nitrogen and oxygen atoms in total. The maximum absolute atomic E-state index is 12.8. The van der Waals surface area contributed by atoms with Crippen LogP contribution >= 0.6 is 0 Å². The summed E-state index contributed by atoms with van der Waals surface area (Å²) in [6.45, 7) is 6.31. The van der Waals surface area contributed by atoms with Gasteiger partial charge in [0.15, 0.2) is 6.10 Å². The Morgan fingerprint density at radius 2 is 0.556 bits per heavy atom. The summed E-state index contributed by atoms with van der Waals surface area (Å²) < 4.78 is 16.7. The number of carbonyl (C=O) groups excluding carboxylic acids is 3. The van der Waals surface area contributed by atoms with Gasteiger partial charge in [0.2, 0.25) is 0 Å². The molecule has 0 saturated carbocycles. The predicted molar refractivity (Wildman–Crippen MR) is 311 cm³/mol. The first-order valence-electron chi connectivity index (χ1n) is 28.8. The highest BCUT2D eigenvalue weighted by Crippen LogP contribution is 2.13. The van der Waals surface area contributed by atoms with Crippen LogP contribution in [0, 0.1) is 0 Å². The second kappa shape index (κ2) is 58.9. The summed E-state index contributed by atoms with van der Waals surface area (Å²) >= 11 is 0. The molecule has 0 aromatic heterocycles. The smallest absolute Gasteiger partial charge is 0.306 e. The molecule has 0 fully saturated rings. The maximum Gasteiger partial charge on any atom is 0.306 e. The van der Waals surface area contributed by atoms with E-state index in [1.165, 1.54) is 51.4 Å². The van der Waals surface area contributed by atoms with Gasteiger partial charge in [-0.3, -0.25) is 14.4 Å². The number of carbonyl (C=O) groups is 3. The van der Waals surface area contributed by atoms with Crippen molar-refractivity contribution in [3.8, 4) is 0 Å². The third-order valence-electron chi connectivity index (χ3n) is 11.6. The molecule has 0 aliphatic heterocycles. The number of allylic oxidation sites excluding steroid dienone is 24. The summed E-state index contributed by atoms with van der Waals surface area (Å²) in [5.74, 6) is -0.990. The van der Waals surface area contributed by atoms with Crippen LogP contribution < -0.4 is 0 Å². The van der Waals surface area contributed by atoms with Gasteiger partial charge in [-0.25, -0.2) is 0 Å². The molecule has 1 atom stereocenters. The molecule has 0 aromatic rings. The van der Waals surface area contributed by atoms with Crippen molar-refractivity contribution < 1.29 is 28.6 Å². The van der Waals surface area contributed by atoms with E-state index >= 15 is 0 Å². The molecular formula is C66H104O6. The van der Waals surface area contributed by atoms with Crippen LogP contribution in [0.15, 0.2) is 146 Å². The van der Waals surface area contributed by atoms with Gasteiger partial charge >= 0.3 is 17.9 Å². The standard InChI is InChI=1S/C66H104O6/c1-4-7-10-13-16-19-21-23-25-27-29-31-33-35-37-39-41-43-45-47-50-53-56-59-65(68)71-62-63(61-70-64(67)58-55-52-49-18-15-12-9-6-3)72-66(69)60-57-54-51-48-46-44-42-40-38-36-34-32-30-28-26-24-22-20-17-14-11-8-5-2/h7-8,10-11,16-17,19-20,23-26,29-32,35-38,41,43,47,50,63H,4-6,9,12-15,18,21-22,27-28,33-34,39-40,42,44-46,48-49,51-62H2,1-3H3/b10-7-,11-8-,19-16-,20-17-,25-23-,26-24-,31-29-,32-30-,37-35-,38-36-,43-41-,50-47-. The van der Waals surface area contributed by atoms with Gasteiger partial charge in [-0.2, -0.15) is 0 Å². The number of esters is 3. The lowest BCUT2D eigenvalue weighted by atomic mass is 10.1. The van der Waals surface area contributed by atoms with Crippen molar-refractivity contribution in [1.82, 2.24) is 0 Å². The molecule has 0 radical (unpaired) electrons. The maximum atomic E-state index is 12.8. The lowest BCUT2D eigenvalue weighted by Crippen LogP contribution is -2.30. The SMILES string of the molecule is CC/C=C\C/C=C\C/C=C\C/C=C\C/C=C\C/C=C\C/C=C\CCCC(=O)OCC(COC(=O)CCCCCCCCCC)OC(=O)CCCCCCCCC/C=C\C/C=C\C/C=C\C/C=C\C/C=C\CC. The molecule has 0 heterocycles. The van der Waals surface area contributed by atoms with E-state index < -0.39 is 6.10 Å². The highest BCUT2D eigenvalue weighted by Gasteiger charge is 2.19. The van der Waals surface area contributed by atoms with Crippen molar-refractivity contribution >= 4 is 17.9 Å². The molecule has 0 bridgehead atoms. The van der Waals surface area contributed by atoms with Crippen LogP contribution in [-0.2, 0) is 28.6 Å². The molecule has 0 N–H and O–H groups in total. The second-order valence-electron chi connectivity index (χ2n) is 18.4. The average Bonchev–Trinajstić information content (AvgIpc) is 3.38. The van der Waals surface area contributed by atoms with Crippen LogP contribution in [0.1, 0.15) is 233 Å². The Balaban J connectivity index is 4.40. The van der Waals surface area contributed by atoms with Crippen molar-refractivity contribution in [2.45, 2.75) is 239 Å². The zero-order valence-corrected chi connectivity index (χ0v) is 46.1. The fourth-order valence-corrected chi connectivity index (χ4v) is 7.34. The van der Waals surface area contributed by atoms with E-state index in [2.05, 4.69) is 167 Å². The highest BCUT2D eigenvalue weighted by atomic mass is 16.6. The van der Waals surface area contributed by atoms with Crippen LogP contribution in [0.2, 0.25) is 0 Å². The number of rotatable bonds is 50. The van der Waals surface area contributed by atoms with Gasteiger partial charge in [0.1, 0.15) is 13.2 Å². The average molecular weight is 994 g/mol. The lowest BCUT2D eigenvalue weighted by molar-refractivity contribution is -0.167. The zero-order chi connectivity index (χ0) is 52.2. The predicted octanol–water partition coefficient (Wildman–Crippen LogP) is 19.6. The van der Waals surface area contributed by atoms with Crippen molar-refractivity contribution in [2.75, 3.05) is 13.2 Å². The minimum Gasteiger partial charge on any atom is -0.462 e. The quantitative estimate of drug-likeness (QED) is 0.0261. The van der Waals surface area contributed by atoms with E-state index in [4.69, 9.17) is 14.2 Å². The summed E-state index contributed by atoms with van der Waals surface area (Å²) in [4.78, 5) is 38.0. The largest absolute Gasteiger partial charge is 0.462 e. The molecular weight excluding hydrogens is 889 g/mol. The first-order valence-corrected chi connectivity index (χ1v) is 28.8. The Morgan fingerprint density at radius 1 is 0.292 bits per heavy atom. The fourth-order valence-electron chi connectivity index (χ4n) is 7.34. The first kappa shape index (κ1) is 67.3. The van der Waals surface area contributed by atoms with Gasteiger partial charge in [-0.05, 0) is 116 Å². The van der Waals surface area contributed by atoms with Crippen molar-refractivity contribution in [3.63, 3.8) is 0 Å². The van der Waals surface area contributed by atoms with Gasteiger partial charge in [0, 0.05) is 19.3 Å². The molecule has 0 spiro atoms. The summed E-state index contributed by atoms with van der Waals surface area (Å²) in [7, 11) is 0. The Hall–Kier alpha value is -4.71. The first-order chi connectivity index (χ1) is 35.5.